The van der Waals surface area contributed by atoms with Crippen LogP contribution in [-0.4, -0.2) is 52.7 Å². The van der Waals surface area contributed by atoms with Gasteiger partial charge in [0.15, 0.2) is 11.7 Å². The molecule has 3 aromatic rings. The second-order valence-electron chi connectivity index (χ2n) is 9.09. The predicted octanol–water partition coefficient (Wildman–Crippen LogP) is 3.54. The molecule has 10 nitrogen and oxygen atoms in total. The van der Waals surface area contributed by atoms with Gasteiger partial charge in [0, 0.05) is 12.1 Å². The number of carbonyl (C=O) groups excluding carboxylic acids is 1. The van der Waals surface area contributed by atoms with Crippen molar-refractivity contribution in [3.8, 4) is 17.5 Å². The van der Waals surface area contributed by atoms with E-state index < -0.39 is 41.3 Å². The molecule has 196 valence electrons. The molecule has 1 fully saturated rings. The molecule has 2 heterocycles. The van der Waals surface area contributed by atoms with Crippen molar-refractivity contribution in [3.05, 3.63) is 58.7 Å². The lowest BCUT2D eigenvalue weighted by Crippen LogP contribution is -2.43. The number of carbonyl (C=O) groups is 2. The Morgan fingerprint density at radius 2 is 1.92 bits per heavy atom. The molecule has 1 aliphatic heterocycles. The fraction of sp³-hybridized carbons (Fsp3) is 0.292. The monoisotopic (exact) mass is 543 g/mol. The van der Waals surface area contributed by atoms with Crippen molar-refractivity contribution in [3.63, 3.8) is 0 Å². The Bertz CT molecular complexity index is 1510. The lowest BCUT2D eigenvalue weighted by atomic mass is 10.00. The fourth-order valence-corrected chi connectivity index (χ4v) is 4.54. The molecule has 0 unspecified atom stereocenters. The van der Waals surface area contributed by atoms with Crippen LogP contribution < -0.4 is 4.90 Å². The third-order valence-electron chi connectivity index (χ3n) is 6.17. The van der Waals surface area contributed by atoms with E-state index in [0.717, 1.165) is 33.0 Å². The number of thiocarbonyl (C=S) groups is 1. The molecule has 1 aromatic heterocycles. The lowest BCUT2D eigenvalue weighted by Gasteiger charge is -2.30. The number of tetrazole rings is 1. The third-order valence-corrected chi connectivity index (χ3v) is 6.57. The van der Waals surface area contributed by atoms with E-state index in [1.807, 2.05) is 6.92 Å². The van der Waals surface area contributed by atoms with E-state index in [9.17, 15) is 22.8 Å². The number of hydrogen-bond acceptors (Lipinski definition) is 7. The first-order valence-electron chi connectivity index (χ1n) is 11.1. The van der Waals surface area contributed by atoms with Gasteiger partial charge in [-0.2, -0.15) is 23.2 Å². The van der Waals surface area contributed by atoms with Crippen LogP contribution in [0.2, 0.25) is 0 Å². The van der Waals surface area contributed by atoms with E-state index in [1.54, 1.807) is 36.9 Å². The molecule has 1 saturated heterocycles. The Morgan fingerprint density at radius 1 is 1.21 bits per heavy atom. The topological polar surface area (TPSA) is 128 Å². The van der Waals surface area contributed by atoms with E-state index >= 15 is 0 Å². The molecule has 0 bridgehead atoms. The average molecular weight is 544 g/mol. The van der Waals surface area contributed by atoms with Crippen molar-refractivity contribution in [2.75, 3.05) is 4.90 Å². The number of nitrogens with zero attached hydrogens (tertiary/aromatic N) is 7. The minimum absolute atomic E-state index is 0.0274. The second kappa shape index (κ2) is 9.49. The number of benzene rings is 2. The van der Waals surface area contributed by atoms with Crippen molar-refractivity contribution in [2.45, 2.75) is 45.6 Å². The number of rotatable bonds is 6. The molecular formula is C24H20F3N7O3S. The van der Waals surface area contributed by atoms with Crippen LogP contribution in [-0.2, 0) is 28.9 Å². The summed E-state index contributed by atoms with van der Waals surface area (Å²) in [6, 6.07) is 9.84. The van der Waals surface area contributed by atoms with E-state index in [2.05, 4.69) is 15.4 Å². The normalized spacial score (nSPS) is 15.2. The zero-order chi connectivity index (χ0) is 28.0. The van der Waals surface area contributed by atoms with Crippen molar-refractivity contribution in [1.82, 2.24) is 25.1 Å². The van der Waals surface area contributed by atoms with E-state index in [1.165, 1.54) is 12.1 Å². The summed E-state index contributed by atoms with van der Waals surface area (Å²) in [7, 11) is 0. The van der Waals surface area contributed by atoms with Gasteiger partial charge in [-0.1, -0.05) is 12.1 Å². The largest absolute Gasteiger partial charge is 0.480 e. The number of aliphatic carboxylic acids is 1. The minimum atomic E-state index is -4.78. The quantitative estimate of drug-likeness (QED) is 0.464. The predicted molar refractivity (Wildman–Crippen MR) is 131 cm³/mol. The second-order valence-corrected chi connectivity index (χ2v) is 9.45. The number of aryl methyl sites for hydroxylation is 1. The van der Waals surface area contributed by atoms with Crippen LogP contribution in [0, 0.1) is 18.3 Å². The Hall–Kier alpha value is -4.38. The van der Waals surface area contributed by atoms with Gasteiger partial charge < -0.3 is 10.0 Å². The summed E-state index contributed by atoms with van der Waals surface area (Å²) in [6.45, 7) is 4.83. The Morgan fingerprint density at radius 3 is 2.53 bits per heavy atom. The summed E-state index contributed by atoms with van der Waals surface area (Å²) >= 11 is 5.56. The van der Waals surface area contributed by atoms with Crippen LogP contribution in [0.25, 0.3) is 11.4 Å². The number of carboxylic acids is 1. The zero-order valence-electron chi connectivity index (χ0n) is 20.3. The summed E-state index contributed by atoms with van der Waals surface area (Å²) < 4.78 is 40.6. The number of amides is 1. The van der Waals surface area contributed by atoms with Gasteiger partial charge in [0.2, 0.25) is 5.82 Å². The summed E-state index contributed by atoms with van der Waals surface area (Å²) in [4.78, 5) is 27.8. The molecule has 0 atom stereocenters. The number of carboxylic acid groups (broad SMARTS) is 1. The number of aromatic nitrogens is 4. The zero-order valence-corrected chi connectivity index (χ0v) is 21.1. The maximum Gasteiger partial charge on any atom is 0.417 e. The first-order chi connectivity index (χ1) is 17.7. The van der Waals surface area contributed by atoms with Crippen LogP contribution in [0.5, 0.6) is 0 Å². The summed E-state index contributed by atoms with van der Waals surface area (Å²) in [5.74, 6) is -1.38. The number of nitriles is 1. The summed E-state index contributed by atoms with van der Waals surface area (Å²) in [6.07, 6.45) is -4.78. The fourth-order valence-electron chi connectivity index (χ4n) is 4.06. The molecule has 0 radical (unpaired) electrons. The average Bonchev–Trinajstić information content (AvgIpc) is 3.35. The van der Waals surface area contributed by atoms with Crippen LogP contribution >= 0.6 is 12.2 Å². The maximum atomic E-state index is 13.5. The van der Waals surface area contributed by atoms with Crippen molar-refractivity contribution in [2.24, 2.45) is 0 Å². The SMILES string of the molecule is Cc1cc(-c2nnn(CC(=O)O)n2)ccc1CN1C(=S)N(c2ccc(C#N)c(C(F)(F)F)c2)C(=O)C1(C)C. The Kier molecular flexibility index (Phi) is 6.66. The highest BCUT2D eigenvalue weighted by molar-refractivity contribution is 7.80. The lowest BCUT2D eigenvalue weighted by molar-refractivity contribution is -0.138. The first-order valence-corrected chi connectivity index (χ1v) is 11.5. The molecule has 14 heteroatoms. The van der Waals surface area contributed by atoms with E-state index in [4.69, 9.17) is 22.6 Å². The van der Waals surface area contributed by atoms with Gasteiger partial charge in [-0.25, -0.2) is 0 Å². The molecular weight excluding hydrogens is 523 g/mol. The van der Waals surface area contributed by atoms with Crippen molar-refractivity contribution >= 4 is 34.9 Å². The van der Waals surface area contributed by atoms with E-state index in [-0.39, 0.29) is 23.2 Å². The van der Waals surface area contributed by atoms with Crippen LogP contribution in [0.1, 0.15) is 36.1 Å². The van der Waals surface area contributed by atoms with Gasteiger partial charge in [-0.05, 0) is 73.6 Å². The standard InChI is InChI=1S/C24H20F3N7O3S/c1-13-8-14(20-29-31-33(30-20)12-19(35)36)4-5-16(13)11-32-22(38)34(21(37)23(32,2)3)17-7-6-15(10-28)18(9-17)24(25,26)27/h4-9H,11-12H2,1-3H3,(H,35,36). The van der Waals surface area contributed by atoms with Gasteiger partial charge in [0.05, 0.1) is 22.9 Å². The first kappa shape index (κ1) is 26.7. The summed E-state index contributed by atoms with van der Waals surface area (Å²) in [5, 5.41) is 29.6. The Balaban J connectivity index is 1.63. The molecule has 0 aliphatic carbocycles. The van der Waals surface area contributed by atoms with Crippen LogP contribution in [0.3, 0.4) is 0 Å². The highest BCUT2D eigenvalue weighted by atomic mass is 32.1. The van der Waals surface area contributed by atoms with Crippen molar-refractivity contribution in [1.29, 1.82) is 5.26 Å². The van der Waals surface area contributed by atoms with Gasteiger partial charge in [-0.15, -0.1) is 10.2 Å². The van der Waals surface area contributed by atoms with Crippen LogP contribution in [0.4, 0.5) is 18.9 Å². The van der Waals surface area contributed by atoms with Gasteiger partial charge >= 0.3 is 12.1 Å². The molecule has 38 heavy (non-hydrogen) atoms. The number of alkyl halides is 3. The third kappa shape index (κ3) is 4.80. The molecule has 0 saturated carbocycles. The van der Waals surface area contributed by atoms with Crippen molar-refractivity contribution < 1.29 is 27.9 Å². The van der Waals surface area contributed by atoms with Gasteiger partial charge in [0.1, 0.15) is 5.54 Å². The molecule has 1 aliphatic rings. The maximum absolute atomic E-state index is 13.5. The summed E-state index contributed by atoms with van der Waals surface area (Å²) in [5.41, 5.74) is -0.777. The van der Waals surface area contributed by atoms with E-state index in [0.29, 0.717) is 5.56 Å². The smallest absolute Gasteiger partial charge is 0.417 e. The highest BCUT2D eigenvalue weighted by Gasteiger charge is 2.50. The van der Waals surface area contributed by atoms with Crippen LogP contribution in [0.15, 0.2) is 36.4 Å². The molecule has 1 amide bonds. The van der Waals surface area contributed by atoms with Gasteiger partial charge in [0.25, 0.3) is 5.91 Å². The number of hydrogen-bond donors (Lipinski definition) is 1. The molecule has 4 rings (SSSR count). The highest BCUT2D eigenvalue weighted by Crippen LogP contribution is 2.38. The molecule has 1 N–H and O–H groups in total. The number of halogens is 3. The molecule has 2 aromatic carbocycles. The molecule has 0 spiro atoms. The Labute approximate surface area is 219 Å². The minimum Gasteiger partial charge on any atom is -0.480 e. The van der Waals surface area contributed by atoms with Gasteiger partial charge in [-0.3, -0.25) is 14.5 Å². The number of anilines is 1.